The second-order valence-electron chi connectivity index (χ2n) is 7.47. The van der Waals surface area contributed by atoms with E-state index in [-0.39, 0.29) is 41.4 Å². The van der Waals surface area contributed by atoms with Gasteiger partial charge in [0.1, 0.15) is 10.6 Å². The van der Waals surface area contributed by atoms with Gasteiger partial charge < -0.3 is 20.9 Å². The van der Waals surface area contributed by atoms with Gasteiger partial charge in [-0.3, -0.25) is 14.4 Å². The average Bonchev–Trinajstić information content (AvgIpc) is 3.10. The number of hydrogen-bond donors (Lipinski definition) is 3. The summed E-state index contributed by atoms with van der Waals surface area (Å²) in [5.41, 5.74) is 6.49. The summed E-state index contributed by atoms with van der Waals surface area (Å²) in [6, 6.07) is 8.07. The Labute approximate surface area is 180 Å². The molecule has 10 nitrogen and oxygen atoms in total. The fourth-order valence-corrected chi connectivity index (χ4v) is 5.09. The number of nitrogens with two attached hydrogens (primary N) is 1. The van der Waals surface area contributed by atoms with Gasteiger partial charge in [0.15, 0.2) is 0 Å². The van der Waals surface area contributed by atoms with Crippen LogP contribution >= 0.6 is 0 Å². The lowest BCUT2D eigenvalue weighted by Gasteiger charge is -2.30. The molecule has 0 aliphatic carbocycles. The molecule has 31 heavy (non-hydrogen) atoms. The van der Waals surface area contributed by atoms with Gasteiger partial charge in [-0.15, -0.1) is 0 Å². The van der Waals surface area contributed by atoms with E-state index >= 15 is 0 Å². The van der Waals surface area contributed by atoms with Gasteiger partial charge in [-0.1, -0.05) is 6.07 Å². The number of piperidine rings is 1. The van der Waals surface area contributed by atoms with Crippen LogP contribution in [0.15, 0.2) is 41.4 Å². The van der Waals surface area contributed by atoms with E-state index < -0.39 is 15.9 Å². The van der Waals surface area contributed by atoms with Crippen LogP contribution in [0.4, 0.5) is 11.4 Å². The monoisotopic (exact) mass is 447 g/mol. The summed E-state index contributed by atoms with van der Waals surface area (Å²) in [6.45, 7) is 1.78. The Balaban J connectivity index is 1.62. The summed E-state index contributed by atoms with van der Waals surface area (Å²) < 4.78 is 28.5. The largest absolute Gasteiger partial charge is 0.364 e. The minimum absolute atomic E-state index is 0.00138. The molecule has 2 aromatic rings. The van der Waals surface area contributed by atoms with Crippen molar-refractivity contribution in [2.75, 3.05) is 23.7 Å². The standard InChI is InChI=1S/C20H25N5O5S/c1-13(26)22-15-4-3-5-16(10-15)23-20(28)14-6-8-25(9-7-14)31(29,30)17-11-18(19(21)27)24(2)12-17/h3-5,10-12,14H,6-9H2,1-2H3,(H2,21,27)(H,22,26)(H,23,28). The van der Waals surface area contributed by atoms with Gasteiger partial charge in [0, 0.05) is 50.6 Å². The van der Waals surface area contributed by atoms with Crippen LogP contribution in [-0.2, 0) is 26.7 Å². The van der Waals surface area contributed by atoms with Crippen molar-refractivity contribution in [1.29, 1.82) is 0 Å². The van der Waals surface area contributed by atoms with Crippen LogP contribution in [0.2, 0.25) is 0 Å². The highest BCUT2D eigenvalue weighted by molar-refractivity contribution is 7.89. The maximum Gasteiger partial charge on any atom is 0.265 e. The molecule has 0 atom stereocenters. The topological polar surface area (TPSA) is 144 Å². The lowest BCUT2D eigenvalue weighted by molar-refractivity contribution is -0.121. The SMILES string of the molecule is CC(=O)Nc1cccc(NC(=O)C2CCN(S(=O)(=O)c3cc(C(N)=O)n(C)c3)CC2)c1. The first-order valence-electron chi connectivity index (χ1n) is 9.73. The van der Waals surface area contributed by atoms with E-state index in [1.807, 2.05) is 0 Å². The van der Waals surface area contributed by atoms with Crippen molar-refractivity contribution >= 4 is 39.1 Å². The molecular weight excluding hydrogens is 422 g/mol. The van der Waals surface area contributed by atoms with Crippen LogP contribution in [0.5, 0.6) is 0 Å². The Kier molecular flexibility index (Phi) is 6.46. The Bertz CT molecular complexity index is 1120. The lowest BCUT2D eigenvalue weighted by atomic mass is 9.97. The summed E-state index contributed by atoms with van der Waals surface area (Å²) in [5.74, 6) is -1.46. The Morgan fingerprint density at radius 1 is 1.06 bits per heavy atom. The van der Waals surface area contributed by atoms with Crippen LogP contribution in [-0.4, -0.2) is 48.1 Å². The Morgan fingerprint density at radius 2 is 1.68 bits per heavy atom. The van der Waals surface area contributed by atoms with Gasteiger partial charge in [-0.2, -0.15) is 4.31 Å². The number of anilines is 2. The molecule has 11 heteroatoms. The number of aromatic nitrogens is 1. The first kappa shape index (κ1) is 22.5. The summed E-state index contributed by atoms with van der Waals surface area (Å²) >= 11 is 0. The maximum absolute atomic E-state index is 12.9. The molecule has 1 aromatic heterocycles. The molecule has 0 bridgehead atoms. The highest BCUT2D eigenvalue weighted by Crippen LogP contribution is 2.26. The fourth-order valence-electron chi connectivity index (χ4n) is 3.55. The molecule has 0 spiro atoms. The summed E-state index contributed by atoms with van der Waals surface area (Å²) in [4.78, 5) is 35.2. The van der Waals surface area contributed by atoms with Crippen molar-refractivity contribution in [3.05, 3.63) is 42.2 Å². The molecule has 1 fully saturated rings. The van der Waals surface area contributed by atoms with Gasteiger partial charge in [0.25, 0.3) is 5.91 Å². The first-order chi connectivity index (χ1) is 14.6. The second kappa shape index (κ2) is 8.90. The molecule has 0 unspecified atom stereocenters. The van der Waals surface area contributed by atoms with E-state index in [9.17, 15) is 22.8 Å². The van der Waals surface area contributed by atoms with Gasteiger partial charge >= 0.3 is 0 Å². The third-order valence-electron chi connectivity index (χ3n) is 5.15. The molecule has 2 heterocycles. The van der Waals surface area contributed by atoms with E-state index in [0.29, 0.717) is 24.2 Å². The molecular formula is C20H25N5O5S. The van der Waals surface area contributed by atoms with Crippen LogP contribution in [0.3, 0.4) is 0 Å². The number of benzene rings is 1. The van der Waals surface area contributed by atoms with E-state index in [4.69, 9.17) is 5.73 Å². The van der Waals surface area contributed by atoms with E-state index in [1.54, 1.807) is 31.3 Å². The predicted octanol–water partition coefficient (Wildman–Crippen LogP) is 1.12. The zero-order valence-corrected chi connectivity index (χ0v) is 18.1. The van der Waals surface area contributed by atoms with Crippen LogP contribution in [0.25, 0.3) is 0 Å². The number of rotatable bonds is 6. The number of aryl methyl sites for hydroxylation is 1. The van der Waals surface area contributed by atoms with Crippen molar-refractivity contribution in [2.45, 2.75) is 24.7 Å². The van der Waals surface area contributed by atoms with Crippen molar-refractivity contribution in [1.82, 2.24) is 8.87 Å². The molecule has 1 saturated heterocycles. The minimum atomic E-state index is -3.79. The van der Waals surface area contributed by atoms with E-state index in [2.05, 4.69) is 10.6 Å². The maximum atomic E-state index is 12.9. The molecule has 1 aliphatic rings. The van der Waals surface area contributed by atoms with Gasteiger partial charge in [-0.25, -0.2) is 8.42 Å². The Hall–Kier alpha value is -3.18. The first-order valence-corrected chi connectivity index (χ1v) is 11.2. The zero-order valence-electron chi connectivity index (χ0n) is 17.3. The fraction of sp³-hybridized carbons (Fsp3) is 0.350. The lowest BCUT2D eigenvalue weighted by Crippen LogP contribution is -2.41. The van der Waals surface area contributed by atoms with Gasteiger partial charge in [0.2, 0.25) is 21.8 Å². The van der Waals surface area contributed by atoms with Crippen LogP contribution in [0, 0.1) is 5.92 Å². The number of carbonyl (C=O) groups excluding carboxylic acids is 3. The molecule has 1 aliphatic heterocycles. The number of nitrogens with zero attached hydrogens (tertiary/aromatic N) is 2. The Morgan fingerprint density at radius 3 is 2.23 bits per heavy atom. The third-order valence-corrected chi connectivity index (χ3v) is 7.01. The van der Waals surface area contributed by atoms with Crippen molar-refractivity contribution in [2.24, 2.45) is 18.7 Å². The zero-order chi connectivity index (χ0) is 22.8. The summed E-state index contributed by atoms with van der Waals surface area (Å²) in [6.07, 6.45) is 2.09. The van der Waals surface area contributed by atoms with Crippen LogP contribution < -0.4 is 16.4 Å². The molecule has 3 amide bonds. The minimum Gasteiger partial charge on any atom is -0.364 e. The van der Waals surface area contributed by atoms with E-state index in [1.165, 1.54) is 28.1 Å². The molecule has 166 valence electrons. The molecule has 4 N–H and O–H groups in total. The predicted molar refractivity (Wildman–Crippen MR) is 115 cm³/mol. The molecule has 1 aromatic carbocycles. The molecule has 0 saturated carbocycles. The number of amides is 3. The number of hydrogen-bond acceptors (Lipinski definition) is 5. The van der Waals surface area contributed by atoms with Crippen molar-refractivity contribution in [3.63, 3.8) is 0 Å². The summed E-state index contributed by atoms with van der Waals surface area (Å²) in [5, 5.41) is 5.48. The average molecular weight is 448 g/mol. The van der Waals surface area contributed by atoms with Gasteiger partial charge in [0.05, 0.1) is 0 Å². The van der Waals surface area contributed by atoms with Crippen LogP contribution in [0.1, 0.15) is 30.3 Å². The highest BCUT2D eigenvalue weighted by Gasteiger charge is 2.33. The number of carbonyl (C=O) groups is 3. The smallest absolute Gasteiger partial charge is 0.265 e. The van der Waals surface area contributed by atoms with Gasteiger partial charge in [-0.05, 0) is 37.1 Å². The van der Waals surface area contributed by atoms with Crippen molar-refractivity contribution in [3.8, 4) is 0 Å². The normalized spacial score (nSPS) is 15.4. The second-order valence-corrected chi connectivity index (χ2v) is 9.40. The molecule has 3 rings (SSSR count). The summed E-state index contributed by atoms with van der Waals surface area (Å²) in [7, 11) is -2.24. The number of nitrogens with one attached hydrogen (secondary N) is 2. The quantitative estimate of drug-likeness (QED) is 0.608. The van der Waals surface area contributed by atoms with Crippen molar-refractivity contribution < 1.29 is 22.8 Å². The third kappa shape index (κ3) is 5.12. The number of sulfonamides is 1. The molecule has 0 radical (unpaired) electrons. The number of primary amides is 1. The van der Waals surface area contributed by atoms with E-state index in [0.717, 1.165) is 0 Å². The highest BCUT2D eigenvalue weighted by atomic mass is 32.2.